The van der Waals surface area contributed by atoms with Crippen LogP contribution in [0.2, 0.25) is 0 Å². The van der Waals surface area contributed by atoms with Gasteiger partial charge in [-0.25, -0.2) is 4.98 Å². The van der Waals surface area contributed by atoms with Crippen molar-refractivity contribution in [2.24, 2.45) is 5.73 Å². The van der Waals surface area contributed by atoms with Gasteiger partial charge in [0.15, 0.2) is 0 Å². The minimum absolute atomic E-state index is 0.797. The summed E-state index contributed by atoms with van der Waals surface area (Å²) in [5.41, 5.74) is 9.26. The van der Waals surface area contributed by atoms with E-state index in [2.05, 4.69) is 47.9 Å². The van der Waals surface area contributed by atoms with Crippen LogP contribution in [0.15, 0.2) is 24.3 Å². The van der Waals surface area contributed by atoms with Crippen LogP contribution in [0, 0.1) is 6.92 Å². The molecule has 0 bridgehead atoms. The lowest BCUT2D eigenvalue weighted by Crippen LogP contribution is -2.46. The molecule has 1 aliphatic rings. The topological polar surface area (TPSA) is 45.4 Å². The largest absolute Gasteiger partial charge is 0.354 e. The van der Waals surface area contributed by atoms with Crippen LogP contribution in [0.4, 0.5) is 5.82 Å². The summed E-state index contributed by atoms with van der Waals surface area (Å²) in [5.74, 6) is 1.12. The second-order valence-electron chi connectivity index (χ2n) is 8.24. The van der Waals surface area contributed by atoms with Crippen LogP contribution < -0.4 is 10.6 Å². The number of aromatic nitrogens is 1. The van der Waals surface area contributed by atoms with E-state index in [1.807, 2.05) is 0 Å². The average Bonchev–Trinajstić information content (AvgIpc) is 2.74. The Bertz CT molecular complexity index is 812. The maximum absolute atomic E-state index is 5.64. The minimum atomic E-state index is 0.797. The van der Waals surface area contributed by atoms with Crippen molar-refractivity contribution in [1.82, 2.24) is 9.88 Å². The van der Waals surface area contributed by atoms with Gasteiger partial charge in [0.2, 0.25) is 0 Å². The fourth-order valence-corrected chi connectivity index (χ4v) is 4.44. The first kappa shape index (κ1) is 22.1. The molecule has 1 fully saturated rings. The Morgan fingerprint density at radius 3 is 2.55 bits per heavy atom. The fraction of sp³-hybridized carbons (Fsp3) is 0.583. The number of fused-ring (bicyclic) bond motifs is 1. The van der Waals surface area contributed by atoms with E-state index in [4.69, 9.17) is 22.9 Å². The van der Waals surface area contributed by atoms with E-state index in [0.29, 0.717) is 0 Å². The lowest BCUT2D eigenvalue weighted by Gasteiger charge is -2.35. The van der Waals surface area contributed by atoms with Gasteiger partial charge in [-0.2, -0.15) is 0 Å². The Kier molecular flexibility index (Phi) is 8.40. The van der Waals surface area contributed by atoms with E-state index in [0.717, 1.165) is 74.7 Å². The fourth-order valence-electron chi connectivity index (χ4n) is 4.12. The number of nitrogens with two attached hydrogens (primary N) is 1. The highest BCUT2D eigenvalue weighted by Crippen LogP contribution is 2.25. The van der Waals surface area contributed by atoms with E-state index in [1.165, 1.54) is 35.8 Å². The zero-order chi connectivity index (χ0) is 20.6. The van der Waals surface area contributed by atoms with Gasteiger partial charge in [-0.1, -0.05) is 38.0 Å². The standard InChI is InChI=1S/C24H36N4S/c1-3-27-12-14-28(15-13-27)24-16-19(2)22-18-20(9-10-23(22)26-24)17-21(29)8-6-4-5-7-11-25/h9-10,16,18H,3-8,11-15,17,25H2,1-2H3. The smallest absolute Gasteiger partial charge is 0.129 e. The average molecular weight is 413 g/mol. The van der Waals surface area contributed by atoms with Crippen LogP contribution in [-0.2, 0) is 6.42 Å². The summed E-state index contributed by atoms with van der Waals surface area (Å²) in [7, 11) is 0. The first-order valence-electron chi connectivity index (χ1n) is 11.2. The Morgan fingerprint density at radius 1 is 1.07 bits per heavy atom. The van der Waals surface area contributed by atoms with Gasteiger partial charge in [-0.05, 0) is 73.5 Å². The molecule has 0 amide bonds. The van der Waals surface area contributed by atoms with Crippen LogP contribution in [-0.4, -0.2) is 54.0 Å². The molecule has 5 heteroatoms. The number of aryl methyl sites for hydroxylation is 1. The minimum Gasteiger partial charge on any atom is -0.354 e. The SMILES string of the molecule is CCN1CCN(c2cc(C)c3cc(CC(=S)CCCCCCN)ccc3n2)CC1. The predicted molar refractivity (Wildman–Crippen MR) is 129 cm³/mol. The van der Waals surface area contributed by atoms with E-state index in [-0.39, 0.29) is 0 Å². The van der Waals surface area contributed by atoms with Crippen molar-refractivity contribution in [3.8, 4) is 0 Å². The molecular formula is C24H36N4S. The molecule has 0 atom stereocenters. The third kappa shape index (κ3) is 6.21. The normalized spacial score (nSPS) is 15.2. The van der Waals surface area contributed by atoms with Crippen molar-refractivity contribution in [2.45, 2.75) is 52.4 Å². The lowest BCUT2D eigenvalue weighted by atomic mass is 10.0. The number of benzene rings is 1. The zero-order valence-corrected chi connectivity index (χ0v) is 18.9. The van der Waals surface area contributed by atoms with E-state index in [9.17, 15) is 0 Å². The molecule has 1 aromatic carbocycles. The van der Waals surface area contributed by atoms with Crippen LogP contribution in [0.3, 0.4) is 0 Å². The molecule has 2 aromatic rings. The maximum atomic E-state index is 5.64. The number of nitrogens with zero attached hydrogens (tertiary/aromatic N) is 3. The van der Waals surface area contributed by atoms with Gasteiger partial charge in [0.25, 0.3) is 0 Å². The number of piperazine rings is 1. The molecule has 2 heterocycles. The Balaban J connectivity index is 1.63. The highest BCUT2D eigenvalue weighted by molar-refractivity contribution is 7.80. The molecule has 0 aliphatic carbocycles. The summed E-state index contributed by atoms with van der Waals surface area (Å²) in [6, 6.07) is 8.92. The summed E-state index contributed by atoms with van der Waals surface area (Å²) in [5, 5.41) is 1.25. The summed E-state index contributed by atoms with van der Waals surface area (Å²) in [4.78, 5) is 11.1. The number of unbranched alkanes of at least 4 members (excludes halogenated alkanes) is 3. The molecular weight excluding hydrogens is 376 g/mol. The van der Waals surface area contributed by atoms with Crippen molar-refractivity contribution in [3.63, 3.8) is 0 Å². The summed E-state index contributed by atoms with van der Waals surface area (Å²) in [6.07, 6.45) is 6.69. The Morgan fingerprint density at radius 2 is 1.83 bits per heavy atom. The molecule has 1 aliphatic heterocycles. The monoisotopic (exact) mass is 412 g/mol. The van der Waals surface area contributed by atoms with Gasteiger partial charge in [-0.15, -0.1) is 0 Å². The highest BCUT2D eigenvalue weighted by atomic mass is 32.1. The molecule has 2 N–H and O–H groups in total. The molecule has 0 saturated carbocycles. The van der Waals surface area contributed by atoms with Gasteiger partial charge >= 0.3 is 0 Å². The quantitative estimate of drug-likeness (QED) is 0.460. The lowest BCUT2D eigenvalue weighted by molar-refractivity contribution is 0.270. The molecule has 1 saturated heterocycles. The van der Waals surface area contributed by atoms with Gasteiger partial charge in [0, 0.05) is 38.0 Å². The van der Waals surface area contributed by atoms with Crippen molar-refractivity contribution < 1.29 is 0 Å². The van der Waals surface area contributed by atoms with E-state index < -0.39 is 0 Å². The first-order valence-corrected chi connectivity index (χ1v) is 11.6. The summed E-state index contributed by atoms with van der Waals surface area (Å²) in [6.45, 7) is 10.7. The third-order valence-electron chi connectivity index (χ3n) is 6.02. The number of rotatable bonds is 10. The number of pyridine rings is 1. The number of likely N-dealkylation sites (N-methyl/N-ethyl adjacent to an activating group) is 1. The number of hydrogen-bond donors (Lipinski definition) is 1. The van der Waals surface area contributed by atoms with Crippen molar-refractivity contribution in [1.29, 1.82) is 0 Å². The first-order chi connectivity index (χ1) is 14.1. The van der Waals surface area contributed by atoms with E-state index >= 15 is 0 Å². The predicted octanol–water partition coefficient (Wildman–Crippen LogP) is 4.51. The second kappa shape index (κ2) is 11.0. The van der Waals surface area contributed by atoms with Crippen molar-refractivity contribution in [2.75, 3.05) is 44.2 Å². The van der Waals surface area contributed by atoms with Gasteiger partial charge in [-0.3, -0.25) is 0 Å². The molecule has 29 heavy (non-hydrogen) atoms. The molecule has 0 unspecified atom stereocenters. The highest BCUT2D eigenvalue weighted by Gasteiger charge is 2.17. The second-order valence-corrected chi connectivity index (χ2v) is 8.82. The van der Waals surface area contributed by atoms with Crippen molar-refractivity contribution >= 4 is 33.8 Å². The Labute approximate surface area is 181 Å². The molecule has 3 rings (SSSR count). The Hall–Kier alpha value is -1.56. The molecule has 0 radical (unpaired) electrons. The molecule has 158 valence electrons. The molecule has 0 spiro atoms. The summed E-state index contributed by atoms with van der Waals surface area (Å²) >= 11 is 5.64. The van der Waals surface area contributed by atoms with Crippen LogP contribution in [0.25, 0.3) is 10.9 Å². The number of hydrogen-bond acceptors (Lipinski definition) is 5. The van der Waals surface area contributed by atoms with Crippen LogP contribution in [0.1, 0.15) is 50.2 Å². The zero-order valence-electron chi connectivity index (χ0n) is 18.1. The summed E-state index contributed by atoms with van der Waals surface area (Å²) < 4.78 is 0. The van der Waals surface area contributed by atoms with Gasteiger partial charge in [0.1, 0.15) is 5.82 Å². The van der Waals surface area contributed by atoms with Crippen molar-refractivity contribution in [3.05, 3.63) is 35.4 Å². The maximum Gasteiger partial charge on any atom is 0.129 e. The third-order valence-corrected chi connectivity index (χ3v) is 6.37. The van der Waals surface area contributed by atoms with Crippen LogP contribution in [0.5, 0.6) is 0 Å². The number of thiocarbonyl (C=S) groups is 1. The molecule has 1 aromatic heterocycles. The van der Waals surface area contributed by atoms with Gasteiger partial charge < -0.3 is 15.5 Å². The van der Waals surface area contributed by atoms with E-state index in [1.54, 1.807) is 0 Å². The number of anilines is 1. The van der Waals surface area contributed by atoms with Gasteiger partial charge in [0.05, 0.1) is 5.52 Å². The van der Waals surface area contributed by atoms with Crippen LogP contribution >= 0.6 is 12.2 Å². The molecule has 4 nitrogen and oxygen atoms in total.